The molecule has 3 rings (SSSR count). The SMILES string of the molecule is O=c1c2ccccc2[nH]c(=S)n1Cc1ccc(F)cc1. The lowest BCUT2D eigenvalue weighted by atomic mass is 10.2. The molecule has 0 atom stereocenters. The van der Waals surface area contributed by atoms with E-state index in [1.165, 1.54) is 16.7 Å². The third-order valence-corrected chi connectivity index (χ3v) is 3.47. The van der Waals surface area contributed by atoms with Crippen molar-refractivity contribution in [1.82, 2.24) is 9.55 Å². The zero-order valence-corrected chi connectivity index (χ0v) is 11.3. The second-order valence-corrected chi connectivity index (χ2v) is 4.88. The molecule has 0 aliphatic heterocycles. The highest BCUT2D eigenvalue weighted by atomic mass is 32.1. The van der Waals surface area contributed by atoms with Crippen molar-refractivity contribution < 1.29 is 4.39 Å². The molecule has 0 spiro atoms. The molecule has 5 heteroatoms. The van der Waals surface area contributed by atoms with Crippen molar-refractivity contribution >= 4 is 23.1 Å². The summed E-state index contributed by atoms with van der Waals surface area (Å²) in [5.41, 5.74) is 1.40. The van der Waals surface area contributed by atoms with E-state index in [-0.39, 0.29) is 11.4 Å². The van der Waals surface area contributed by atoms with Crippen molar-refractivity contribution in [2.75, 3.05) is 0 Å². The first-order valence-corrected chi connectivity index (χ1v) is 6.52. The molecule has 0 bridgehead atoms. The Morgan fingerprint density at radius 1 is 1.10 bits per heavy atom. The van der Waals surface area contributed by atoms with Crippen LogP contribution in [0.4, 0.5) is 4.39 Å². The number of hydrogen-bond acceptors (Lipinski definition) is 2. The van der Waals surface area contributed by atoms with Crippen LogP contribution in [0, 0.1) is 10.6 Å². The molecule has 0 aliphatic carbocycles. The molecule has 0 radical (unpaired) electrons. The van der Waals surface area contributed by atoms with Crippen LogP contribution in [0.3, 0.4) is 0 Å². The van der Waals surface area contributed by atoms with Crippen LogP contribution in [0.5, 0.6) is 0 Å². The minimum Gasteiger partial charge on any atom is -0.332 e. The maximum atomic E-state index is 12.9. The number of nitrogens with zero attached hydrogens (tertiary/aromatic N) is 1. The molecule has 1 heterocycles. The predicted molar refractivity (Wildman–Crippen MR) is 78.9 cm³/mol. The fraction of sp³-hybridized carbons (Fsp3) is 0.0667. The second kappa shape index (κ2) is 5.02. The third kappa shape index (κ3) is 2.28. The van der Waals surface area contributed by atoms with E-state index in [0.717, 1.165) is 11.1 Å². The van der Waals surface area contributed by atoms with Gasteiger partial charge in [0.1, 0.15) is 5.82 Å². The van der Waals surface area contributed by atoms with Gasteiger partial charge in [0.25, 0.3) is 5.56 Å². The van der Waals surface area contributed by atoms with Gasteiger partial charge in [-0.05, 0) is 42.0 Å². The average Bonchev–Trinajstić information content (AvgIpc) is 2.45. The fourth-order valence-electron chi connectivity index (χ4n) is 2.11. The summed E-state index contributed by atoms with van der Waals surface area (Å²) in [4.78, 5) is 15.5. The van der Waals surface area contributed by atoms with Crippen molar-refractivity contribution in [1.29, 1.82) is 0 Å². The summed E-state index contributed by atoms with van der Waals surface area (Å²) < 4.78 is 14.7. The van der Waals surface area contributed by atoms with Crippen molar-refractivity contribution in [3.63, 3.8) is 0 Å². The molecular weight excluding hydrogens is 275 g/mol. The zero-order valence-electron chi connectivity index (χ0n) is 10.5. The molecule has 0 saturated heterocycles. The Kier molecular flexibility index (Phi) is 3.20. The number of H-pyrrole nitrogens is 1. The maximum absolute atomic E-state index is 12.9. The van der Waals surface area contributed by atoms with Gasteiger partial charge >= 0.3 is 0 Å². The van der Waals surface area contributed by atoms with Crippen molar-refractivity contribution in [3.05, 3.63) is 75.0 Å². The molecule has 2 aromatic carbocycles. The van der Waals surface area contributed by atoms with E-state index < -0.39 is 0 Å². The van der Waals surface area contributed by atoms with Crippen molar-refractivity contribution in [3.8, 4) is 0 Å². The quantitative estimate of drug-likeness (QED) is 0.734. The van der Waals surface area contributed by atoms with Crippen molar-refractivity contribution in [2.24, 2.45) is 0 Å². The van der Waals surface area contributed by atoms with Crippen molar-refractivity contribution in [2.45, 2.75) is 6.54 Å². The van der Waals surface area contributed by atoms with Gasteiger partial charge in [0, 0.05) is 0 Å². The number of fused-ring (bicyclic) bond motifs is 1. The van der Waals surface area contributed by atoms with E-state index in [9.17, 15) is 9.18 Å². The Morgan fingerprint density at radius 2 is 1.80 bits per heavy atom. The number of aromatic nitrogens is 2. The minimum absolute atomic E-state index is 0.145. The van der Waals surface area contributed by atoms with E-state index >= 15 is 0 Å². The van der Waals surface area contributed by atoms with E-state index in [0.29, 0.717) is 16.7 Å². The van der Waals surface area contributed by atoms with E-state index in [2.05, 4.69) is 4.98 Å². The van der Waals surface area contributed by atoms with Crippen LogP contribution in [0.2, 0.25) is 0 Å². The Balaban J connectivity index is 2.14. The predicted octanol–water partition coefficient (Wildman–Crippen LogP) is 3.25. The summed E-state index contributed by atoms with van der Waals surface area (Å²) in [5.74, 6) is -0.301. The van der Waals surface area contributed by atoms with Crippen LogP contribution >= 0.6 is 12.2 Å². The number of aromatic amines is 1. The topological polar surface area (TPSA) is 37.8 Å². The van der Waals surface area contributed by atoms with Gasteiger partial charge in [0.05, 0.1) is 17.4 Å². The number of rotatable bonds is 2. The highest BCUT2D eigenvalue weighted by molar-refractivity contribution is 7.71. The highest BCUT2D eigenvalue weighted by Gasteiger charge is 2.05. The van der Waals surface area contributed by atoms with Gasteiger partial charge in [-0.25, -0.2) is 4.39 Å². The first kappa shape index (κ1) is 12.7. The van der Waals surface area contributed by atoms with Crippen LogP contribution in [0.25, 0.3) is 10.9 Å². The number of nitrogens with one attached hydrogen (secondary N) is 1. The largest absolute Gasteiger partial charge is 0.332 e. The lowest BCUT2D eigenvalue weighted by molar-refractivity contribution is 0.625. The number of halogens is 1. The molecule has 3 aromatic rings. The smallest absolute Gasteiger partial charge is 0.262 e. The van der Waals surface area contributed by atoms with Gasteiger partial charge in [0.15, 0.2) is 4.77 Å². The van der Waals surface area contributed by atoms with Crippen LogP contribution in [-0.2, 0) is 6.54 Å². The summed E-state index contributed by atoms with van der Waals surface area (Å²) in [6, 6.07) is 13.2. The summed E-state index contributed by atoms with van der Waals surface area (Å²) >= 11 is 5.23. The first-order chi connectivity index (χ1) is 9.65. The first-order valence-electron chi connectivity index (χ1n) is 6.11. The summed E-state index contributed by atoms with van der Waals surface area (Å²) in [7, 11) is 0. The Bertz CT molecular complexity index is 881. The molecule has 0 amide bonds. The molecule has 1 aromatic heterocycles. The minimum atomic E-state index is -0.301. The van der Waals surface area contributed by atoms with E-state index in [1.54, 1.807) is 18.2 Å². The molecule has 100 valence electrons. The molecule has 0 aliphatic rings. The van der Waals surface area contributed by atoms with Crippen LogP contribution in [-0.4, -0.2) is 9.55 Å². The van der Waals surface area contributed by atoms with E-state index in [1.807, 2.05) is 18.2 Å². The lowest BCUT2D eigenvalue weighted by Gasteiger charge is -2.08. The average molecular weight is 286 g/mol. The number of benzene rings is 2. The van der Waals surface area contributed by atoms with Crippen LogP contribution in [0.15, 0.2) is 53.3 Å². The van der Waals surface area contributed by atoms with Gasteiger partial charge in [-0.1, -0.05) is 24.3 Å². The molecule has 0 unspecified atom stereocenters. The Hall–Kier alpha value is -2.27. The normalized spacial score (nSPS) is 10.8. The van der Waals surface area contributed by atoms with Gasteiger partial charge in [0.2, 0.25) is 0 Å². The molecule has 20 heavy (non-hydrogen) atoms. The fourth-order valence-corrected chi connectivity index (χ4v) is 2.37. The summed E-state index contributed by atoms with van der Waals surface area (Å²) in [6.07, 6.45) is 0. The van der Waals surface area contributed by atoms with Crippen LogP contribution in [0.1, 0.15) is 5.56 Å². The summed E-state index contributed by atoms with van der Waals surface area (Å²) in [6.45, 7) is 0.319. The lowest BCUT2D eigenvalue weighted by Crippen LogP contribution is -2.22. The third-order valence-electron chi connectivity index (χ3n) is 3.14. The Labute approximate surface area is 119 Å². The highest BCUT2D eigenvalue weighted by Crippen LogP contribution is 2.08. The standard InChI is InChI=1S/C15H11FN2OS/c16-11-7-5-10(6-8-11)9-18-14(19)12-3-1-2-4-13(12)17-15(18)20/h1-8H,9H2,(H,17,20). The number of para-hydroxylation sites is 1. The maximum Gasteiger partial charge on any atom is 0.262 e. The number of hydrogen-bond donors (Lipinski definition) is 1. The summed E-state index contributed by atoms with van der Waals surface area (Å²) in [5, 5.41) is 0.586. The zero-order chi connectivity index (χ0) is 14.1. The van der Waals surface area contributed by atoms with Gasteiger partial charge in [-0.15, -0.1) is 0 Å². The molecule has 0 saturated carbocycles. The van der Waals surface area contributed by atoms with Gasteiger partial charge in [-0.2, -0.15) is 0 Å². The van der Waals surface area contributed by atoms with Gasteiger partial charge < -0.3 is 4.98 Å². The second-order valence-electron chi connectivity index (χ2n) is 4.49. The molecule has 0 fully saturated rings. The van der Waals surface area contributed by atoms with Gasteiger partial charge in [-0.3, -0.25) is 9.36 Å². The van der Waals surface area contributed by atoms with Crippen LogP contribution < -0.4 is 5.56 Å². The molecular formula is C15H11FN2OS. The Morgan fingerprint density at radius 3 is 2.55 bits per heavy atom. The molecule has 3 nitrogen and oxygen atoms in total. The van der Waals surface area contributed by atoms with E-state index in [4.69, 9.17) is 12.2 Å². The monoisotopic (exact) mass is 286 g/mol. The molecule has 1 N–H and O–H groups in total.